The van der Waals surface area contributed by atoms with E-state index in [4.69, 9.17) is 14.2 Å². The second kappa shape index (κ2) is 16.4. The normalized spacial score (nSPS) is 23.4. The number of aliphatic hydroxyl groups is 2. The summed E-state index contributed by atoms with van der Waals surface area (Å²) in [5, 5.41) is 29.8. The Morgan fingerprint density at radius 2 is 1.80 bits per heavy atom. The third-order valence-corrected chi connectivity index (χ3v) is 8.68. The number of ketones is 1. The Balaban J connectivity index is 1.52. The van der Waals surface area contributed by atoms with Gasteiger partial charge < -0.3 is 45.2 Å². The molecule has 0 bridgehead atoms. The minimum Gasteiger partial charge on any atom is -0.497 e. The van der Waals surface area contributed by atoms with Crippen molar-refractivity contribution in [1.29, 1.82) is 0 Å². The molecular weight excluding hydrogens is 584 g/mol. The van der Waals surface area contributed by atoms with Gasteiger partial charge in [0, 0.05) is 19.6 Å². The largest absolute Gasteiger partial charge is 0.497 e. The highest BCUT2D eigenvalue weighted by Crippen LogP contribution is 2.31. The number of hydrogen-bond acceptors (Lipinski definition) is 11. The van der Waals surface area contributed by atoms with Gasteiger partial charge in [-0.3, -0.25) is 19.3 Å². The summed E-state index contributed by atoms with van der Waals surface area (Å²) >= 11 is 0. The highest BCUT2D eigenvalue weighted by Gasteiger charge is 2.50. The van der Waals surface area contributed by atoms with Crippen molar-refractivity contribution >= 4 is 23.9 Å². The van der Waals surface area contributed by atoms with E-state index in [2.05, 4.69) is 22.0 Å². The van der Waals surface area contributed by atoms with Crippen molar-refractivity contribution in [3.63, 3.8) is 0 Å². The summed E-state index contributed by atoms with van der Waals surface area (Å²) in [7, 11) is 1.50. The van der Waals surface area contributed by atoms with Crippen molar-refractivity contribution in [1.82, 2.24) is 20.9 Å². The maximum absolute atomic E-state index is 13.9. The van der Waals surface area contributed by atoms with Gasteiger partial charge in [0.25, 0.3) is 0 Å². The number of benzene rings is 1. The maximum atomic E-state index is 13.9. The number of morpholine rings is 1. The molecule has 2 heterocycles. The van der Waals surface area contributed by atoms with E-state index in [0.29, 0.717) is 44.0 Å². The Morgan fingerprint density at radius 1 is 1.09 bits per heavy atom. The average molecular weight is 631 g/mol. The molecular formula is C32H46N4O9. The molecule has 2 aliphatic heterocycles. The molecule has 1 unspecified atom stereocenters. The summed E-state index contributed by atoms with van der Waals surface area (Å²) in [6.07, 6.45) is 5.45. The lowest BCUT2D eigenvalue weighted by molar-refractivity contribution is -0.136. The second-order valence-corrected chi connectivity index (χ2v) is 12.0. The fourth-order valence-electron chi connectivity index (χ4n) is 5.65. The molecule has 45 heavy (non-hydrogen) atoms. The van der Waals surface area contributed by atoms with Crippen molar-refractivity contribution in [2.45, 2.75) is 74.9 Å². The molecule has 2 amide bonds. The SMILES string of the molecule is COc1ccc([C@@H](O)[C@H](NC(=O)[C@H](CO)NCC(C=O)N2CCOCC2)C(=O)N[C@@H](CC2=CCCCC2)C(=O)[C@@]2(C)CO2)cc1. The maximum Gasteiger partial charge on any atom is 0.246 e. The van der Waals surface area contributed by atoms with E-state index < -0.39 is 54.3 Å². The fourth-order valence-corrected chi connectivity index (χ4v) is 5.65. The number of aldehydes is 1. The number of nitrogens with zero attached hydrogens (tertiary/aromatic N) is 1. The summed E-state index contributed by atoms with van der Waals surface area (Å²) < 4.78 is 15.9. The standard InChI is InChI=1S/C32H46N4O9/c1-32(20-45-32)29(40)25(16-21-6-4-3-5-7-21)34-31(42)27(28(39)22-8-10-24(43-2)11-9-22)35-30(41)26(19-38)33-17-23(18-37)36-12-14-44-15-13-36/h6,8-11,18,23,25-28,33,38-39H,3-5,7,12-17,19-20H2,1-2H3,(H,34,42)(H,35,41)/t23?,25-,26-,27-,28+,32+/m0/s1. The van der Waals surface area contributed by atoms with Crippen LogP contribution in [0.25, 0.3) is 0 Å². The number of rotatable bonds is 17. The molecule has 248 valence electrons. The van der Waals surface area contributed by atoms with Crippen molar-refractivity contribution in [2.24, 2.45) is 0 Å². The van der Waals surface area contributed by atoms with Gasteiger partial charge >= 0.3 is 0 Å². The Kier molecular flexibility index (Phi) is 12.6. The quantitative estimate of drug-likeness (QED) is 0.0874. The van der Waals surface area contributed by atoms with Gasteiger partial charge in [0.15, 0.2) is 5.78 Å². The molecule has 1 aromatic carbocycles. The Hall–Kier alpha value is -3.20. The lowest BCUT2D eigenvalue weighted by Crippen LogP contribution is -2.59. The molecule has 2 saturated heterocycles. The molecule has 13 nitrogen and oxygen atoms in total. The molecule has 1 aromatic rings. The Morgan fingerprint density at radius 3 is 2.38 bits per heavy atom. The van der Waals surface area contributed by atoms with Crippen LogP contribution in [-0.2, 0) is 28.7 Å². The van der Waals surface area contributed by atoms with Crippen LogP contribution in [0.4, 0.5) is 0 Å². The van der Waals surface area contributed by atoms with Gasteiger partial charge in [-0.25, -0.2) is 0 Å². The van der Waals surface area contributed by atoms with E-state index in [1.165, 1.54) is 7.11 Å². The van der Waals surface area contributed by atoms with Crippen LogP contribution in [0.3, 0.4) is 0 Å². The van der Waals surface area contributed by atoms with Crippen LogP contribution in [0.2, 0.25) is 0 Å². The number of carbonyl (C=O) groups is 4. The topological polar surface area (TPSA) is 179 Å². The van der Waals surface area contributed by atoms with E-state index in [0.717, 1.165) is 37.5 Å². The van der Waals surface area contributed by atoms with Gasteiger partial charge in [-0.1, -0.05) is 23.8 Å². The average Bonchev–Trinajstić information content (AvgIpc) is 3.83. The number of ether oxygens (including phenoxy) is 3. The number of carbonyl (C=O) groups excluding carboxylic acids is 4. The van der Waals surface area contributed by atoms with Gasteiger partial charge in [0.1, 0.15) is 35.8 Å². The van der Waals surface area contributed by atoms with Crippen LogP contribution in [0.5, 0.6) is 5.75 Å². The number of Topliss-reactive ketones (excluding diaryl/α,β-unsaturated/α-hetero) is 1. The monoisotopic (exact) mass is 630 g/mol. The molecule has 0 aromatic heterocycles. The van der Waals surface area contributed by atoms with Crippen LogP contribution in [0, 0.1) is 0 Å². The molecule has 1 aliphatic carbocycles. The second-order valence-electron chi connectivity index (χ2n) is 12.0. The van der Waals surface area contributed by atoms with E-state index >= 15 is 0 Å². The fraction of sp³-hybridized carbons (Fsp3) is 0.625. The number of amides is 2. The summed E-state index contributed by atoms with van der Waals surface area (Å²) in [6, 6.07) is 2.20. The van der Waals surface area contributed by atoms with E-state index in [-0.39, 0.29) is 18.9 Å². The zero-order valence-corrected chi connectivity index (χ0v) is 26.0. The predicted molar refractivity (Wildman–Crippen MR) is 163 cm³/mol. The third-order valence-electron chi connectivity index (χ3n) is 8.68. The zero-order chi connectivity index (χ0) is 32.4. The molecule has 6 atom stereocenters. The van der Waals surface area contributed by atoms with Gasteiger partial charge in [-0.05, 0) is 56.7 Å². The Labute approximate surface area is 263 Å². The lowest BCUT2D eigenvalue weighted by Gasteiger charge is -2.32. The zero-order valence-electron chi connectivity index (χ0n) is 26.0. The van der Waals surface area contributed by atoms with Gasteiger partial charge in [-0.2, -0.15) is 0 Å². The van der Waals surface area contributed by atoms with Crippen molar-refractivity contribution < 1.29 is 43.6 Å². The summed E-state index contributed by atoms with van der Waals surface area (Å²) in [5.41, 5.74) is 0.394. The first-order valence-electron chi connectivity index (χ1n) is 15.6. The van der Waals surface area contributed by atoms with Crippen LogP contribution < -0.4 is 20.7 Å². The van der Waals surface area contributed by atoms with Crippen molar-refractivity contribution in [3.05, 3.63) is 41.5 Å². The molecule has 5 N–H and O–H groups in total. The van der Waals surface area contributed by atoms with E-state index in [9.17, 15) is 29.4 Å². The first-order chi connectivity index (χ1) is 21.7. The number of allylic oxidation sites excluding steroid dienone is 1. The molecule has 4 rings (SSSR count). The third kappa shape index (κ3) is 9.41. The number of nitrogens with one attached hydrogen (secondary N) is 3. The van der Waals surface area contributed by atoms with Crippen LogP contribution in [0.15, 0.2) is 35.9 Å². The molecule has 0 saturated carbocycles. The van der Waals surface area contributed by atoms with Gasteiger partial charge in [0.05, 0.1) is 45.6 Å². The van der Waals surface area contributed by atoms with Crippen LogP contribution >= 0.6 is 0 Å². The molecule has 3 aliphatic rings. The minimum absolute atomic E-state index is 0.0737. The van der Waals surface area contributed by atoms with Crippen LogP contribution in [-0.4, -0.2) is 122 Å². The van der Waals surface area contributed by atoms with E-state index in [1.807, 2.05) is 4.90 Å². The summed E-state index contributed by atoms with van der Waals surface area (Å²) in [4.78, 5) is 54.5. The number of methoxy groups -OCH3 is 1. The minimum atomic E-state index is -1.52. The molecule has 0 radical (unpaired) electrons. The smallest absolute Gasteiger partial charge is 0.246 e. The number of aliphatic hydroxyl groups excluding tert-OH is 2. The number of epoxide rings is 1. The highest BCUT2D eigenvalue weighted by molar-refractivity contribution is 5.98. The number of hydrogen-bond donors (Lipinski definition) is 5. The van der Waals surface area contributed by atoms with E-state index in [1.54, 1.807) is 31.2 Å². The van der Waals surface area contributed by atoms with Crippen LogP contribution in [0.1, 0.15) is 50.7 Å². The van der Waals surface area contributed by atoms with Crippen molar-refractivity contribution in [3.8, 4) is 5.75 Å². The van der Waals surface area contributed by atoms with Crippen molar-refractivity contribution in [2.75, 3.05) is 53.2 Å². The lowest BCUT2D eigenvalue weighted by atomic mass is 9.89. The first-order valence-corrected chi connectivity index (χ1v) is 15.6. The summed E-state index contributed by atoms with van der Waals surface area (Å²) in [6.45, 7) is 3.46. The summed E-state index contributed by atoms with van der Waals surface area (Å²) in [5.74, 6) is -1.26. The predicted octanol–water partition coefficient (Wildman–Crippen LogP) is -0.203. The first kappa shape index (κ1) is 34.7. The van der Waals surface area contributed by atoms with Gasteiger partial charge in [-0.15, -0.1) is 0 Å². The van der Waals surface area contributed by atoms with Gasteiger partial charge in [0.2, 0.25) is 11.8 Å². The highest BCUT2D eigenvalue weighted by atomic mass is 16.6. The molecule has 2 fully saturated rings. The molecule has 13 heteroatoms. The Bertz CT molecular complexity index is 1200. The molecule has 0 spiro atoms.